The molecule has 3 aromatic rings. The largest absolute Gasteiger partial charge is 0.492 e. The summed E-state index contributed by atoms with van der Waals surface area (Å²) in [6.07, 6.45) is 1.54. The van der Waals surface area contributed by atoms with Gasteiger partial charge in [-0.2, -0.15) is 13.9 Å². The first-order chi connectivity index (χ1) is 15.9. The van der Waals surface area contributed by atoms with Crippen LogP contribution in [0.1, 0.15) is 17.7 Å². The topological polar surface area (TPSA) is 111 Å². The van der Waals surface area contributed by atoms with E-state index in [1.54, 1.807) is 0 Å². The number of nitrogens with zero attached hydrogens (tertiary/aromatic N) is 5. The van der Waals surface area contributed by atoms with Crippen molar-refractivity contribution in [1.82, 2.24) is 30.0 Å². The molecule has 1 fully saturated rings. The second-order valence-corrected chi connectivity index (χ2v) is 7.84. The van der Waals surface area contributed by atoms with E-state index in [1.807, 2.05) is 29.2 Å². The van der Waals surface area contributed by atoms with E-state index >= 15 is 0 Å². The summed E-state index contributed by atoms with van der Waals surface area (Å²) < 4.78 is 33.3. The Morgan fingerprint density at radius 1 is 1.24 bits per heavy atom. The quantitative estimate of drug-likeness (QED) is 0.479. The molecule has 0 bridgehead atoms. The molecule has 0 aliphatic carbocycles. The number of halogens is 3. The predicted molar refractivity (Wildman–Crippen MR) is 118 cm³/mol. The van der Waals surface area contributed by atoms with Crippen molar-refractivity contribution >= 4 is 23.5 Å². The van der Waals surface area contributed by atoms with Crippen molar-refractivity contribution in [2.45, 2.75) is 13.0 Å². The van der Waals surface area contributed by atoms with E-state index in [1.165, 1.54) is 12.3 Å². The number of piperazine rings is 1. The molecule has 0 unspecified atom stereocenters. The number of para-hydroxylation sites is 1. The highest BCUT2D eigenvalue weighted by Gasteiger charge is 2.20. The highest BCUT2D eigenvalue weighted by Crippen LogP contribution is 2.29. The van der Waals surface area contributed by atoms with Crippen molar-refractivity contribution < 1.29 is 18.3 Å². The highest BCUT2D eigenvalue weighted by atomic mass is 35.5. The number of hydrogen-bond donors (Lipinski definition) is 2. The Labute approximate surface area is 193 Å². The SMILES string of the molecule is Nc1nc(Cl)cc(-c2nn(C(F)F)cc2Cc2ccccc2OCCN2CCNC(=O)C2)n1. The molecule has 3 N–H and O–H groups in total. The number of nitrogen functional groups attached to an aromatic ring is 1. The second-order valence-electron chi connectivity index (χ2n) is 7.45. The van der Waals surface area contributed by atoms with Crippen molar-refractivity contribution in [3.05, 3.63) is 52.8 Å². The van der Waals surface area contributed by atoms with Crippen LogP contribution < -0.4 is 15.8 Å². The molecule has 174 valence electrons. The fourth-order valence-corrected chi connectivity index (χ4v) is 3.78. The van der Waals surface area contributed by atoms with Gasteiger partial charge in [0, 0.05) is 43.9 Å². The summed E-state index contributed by atoms with van der Waals surface area (Å²) in [6, 6.07) is 8.77. The summed E-state index contributed by atoms with van der Waals surface area (Å²) in [5, 5.41) is 6.87. The molecule has 0 atom stereocenters. The minimum absolute atomic E-state index is 0.00400. The van der Waals surface area contributed by atoms with Gasteiger partial charge in [0.2, 0.25) is 11.9 Å². The van der Waals surface area contributed by atoms with Crippen LogP contribution in [0.3, 0.4) is 0 Å². The molecule has 0 radical (unpaired) electrons. The molecule has 1 aliphatic rings. The summed E-state index contributed by atoms with van der Waals surface area (Å²) in [6.45, 7) is -0.131. The number of alkyl halides is 2. The Morgan fingerprint density at radius 3 is 2.82 bits per heavy atom. The maximum atomic E-state index is 13.4. The molecule has 4 rings (SSSR count). The molecule has 12 heteroatoms. The van der Waals surface area contributed by atoms with Gasteiger partial charge in [-0.1, -0.05) is 29.8 Å². The van der Waals surface area contributed by atoms with E-state index in [2.05, 4.69) is 20.4 Å². The zero-order chi connectivity index (χ0) is 23.4. The molecule has 1 aromatic carbocycles. The first-order valence-corrected chi connectivity index (χ1v) is 10.6. The van der Waals surface area contributed by atoms with Crippen LogP contribution in [-0.4, -0.2) is 63.3 Å². The third-order valence-corrected chi connectivity index (χ3v) is 5.29. The number of carbonyl (C=O) groups excluding carboxylic acids is 1. The van der Waals surface area contributed by atoms with Gasteiger partial charge in [-0.25, -0.2) is 14.6 Å². The smallest absolute Gasteiger partial charge is 0.333 e. The number of nitrogens with one attached hydrogen (secondary N) is 1. The maximum Gasteiger partial charge on any atom is 0.333 e. The Kier molecular flexibility index (Phi) is 6.99. The molecule has 9 nitrogen and oxygen atoms in total. The van der Waals surface area contributed by atoms with Gasteiger partial charge in [0.15, 0.2) is 0 Å². The molecule has 1 aliphatic heterocycles. The van der Waals surface area contributed by atoms with Crippen LogP contribution in [0.15, 0.2) is 36.5 Å². The van der Waals surface area contributed by atoms with E-state index in [-0.39, 0.29) is 34.8 Å². The molecule has 1 saturated heterocycles. The molecule has 0 saturated carbocycles. The van der Waals surface area contributed by atoms with Gasteiger partial charge >= 0.3 is 6.55 Å². The van der Waals surface area contributed by atoms with E-state index in [0.29, 0.717) is 42.2 Å². The number of hydrogen-bond acceptors (Lipinski definition) is 7. The normalized spacial score (nSPS) is 14.5. The standard InChI is InChI=1S/C21H22ClF2N7O2/c22-17-10-15(27-21(25)28-17)19-14(11-31(29-19)20(23)24)9-13-3-1-2-4-16(13)33-8-7-30-6-5-26-18(32)12-30/h1-4,10-11,20H,5-9,12H2,(H,26,32)(H2,25,27,28). The number of rotatable bonds is 8. The van der Waals surface area contributed by atoms with Gasteiger partial charge in [-0.05, 0) is 11.6 Å². The molecular weight excluding hydrogens is 456 g/mol. The van der Waals surface area contributed by atoms with Crippen LogP contribution in [0, 0.1) is 0 Å². The lowest BCUT2D eigenvalue weighted by Crippen LogP contribution is -2.48. The fraction of sp³-hybridized carbons (Fsp3) is 0.333. The zero-order valence-corrected chi connectivity index (χ0v) is 18.3. The van der Waals surface area contributed by atoms with Gasteiger partial charge in [0.1, 0.15) is 23.2 Å². The zero-order valence-electron chi connectivity index (χ0n) is 17.5. The number of benzene rings is 1. The van der Waals surface area contributed by atoms with E-state index in [4.69, 9.17) is 22.1 Å². The average molecular weight is 478 g/mol. The van der Waals surface area contributed by atoms with E-state index in [0.717, 1.165) is 12.1 Å². The summed E-state index contributed by atoms with van der Waals surface area (Å²) in [4.78, 5) is 21.4. The second kappa shape index (κ2) is 10.1. The molecule has 3 heterocycles. The predicted octanol–water partition coefficient (Wildman–Crippen LogP) is 2.37. The van der Waals surface area contributed by atoms with Crippen molar-refractivity contribution in [3.8, 4) is 17.1 Å². The Hall–Kier alpha value is -3.31. The number of aromatic nitrogens is 4. The van der Waals surface area contributed by atoms with Gasteiger partial charge in [0.25, 0.3) is 0 Å². The van der Waals surface area contributed by atoms with Gasteiger partial charge in [0.05, 0.1) is 12.2 Å². The Balaban J connectivity index is 1.54. The average Bonchev–Trinajstić information content (AvgIpc) is 3.19. The third kappa shape index (κ3) is 5.74. The maximum absolute atomic E-state index is 13.4. The third-order valence-electron chi connectivity index (χ3n) is 5.10. The first-order valence-electron chi connectivity index (χ1n) is 10.3. The summed E-state index contributed by atoms with van der Waals surface area (Å²) >= 11 is 5.97. The molecule has 1 amide bonds. The van der Waals surface area contributed by atoms with Crippen LogP contribution in [-0.2, 0) is 11.2 Å². The highest BCUT2D eigenvalue weighted by molar-refractivity contribution is 6.29. The monoisotopic (exact) mass is 477 g/mol. The Bertz CT molecular complexity index is 1120. The molecule has 33 heavy (non-hydrogen) atoms. The lowest BCUT2D eigenvalue weighted by Gasteiger charge is -2.26. The Morgan fingerprint density at radius 2 is 2.06 bits per heavy atom. The van der Waals surface area contributed by atoms with Crippen molar-refractivity contribution in [2.75, 3.05) is 38.5 Å². The molecule has 0 spiro atoms. The molecular formula is C21H22ClF2N7O2. The summed E-state index contributed by atoms with van der Waals surface area (Å²) in [5.41, 5.74) is 7.46. The lowest BCUT2D eigenvalue weighted by atomic mass is 10.0. The van der Waals surface area contributed by atoms with Crippen molar-refractivity contribution in [1.29, 1.82) is 0 Å². The summed E-state index contributed by atoms with van der Waals surface area (Å²) in [5.74, 6) is 0.538. The number of carbonyl (C=O) groups is 1. The van der Waals surface area contributed by atoms with Crippen LogP contribution in [0.2, 0.25) is 5.15 Å². The molecule has 2 aromatic heterocycles. The van der Waals surface area contributed by atoms with Gasteiger partial charge in [-0.15, -0.1) is 0 Å². The minimum atomic E-state index is -2.82. The van der Waals surface area contributed by atoms with Crippen LogP contribution >= 0.6 is 11.6 Å². The van der Waals surface area contributed by atoms with Crippen molar-refractivity contribution in [3.63, 3.8) is 0 Å². The number of ether oxygens (including phenoxy) is 1. The van der Waals surface area contributed by atoms with Gasteiger partial charge in [-0.3, -0.25) is 9.69 Å². The fourth-order valence-electron chi connectivity index (χ4n) is 3.59. The van der Waals surface area contributed by atoms with Crippen LogP contribution in [0.5, 0.6) is 5.75 Å². The summed E-state index contributed by atoms with van der Waals surface area (Å²) in [7, 11) is 0. The van der Waals surface area contributed by atoms with Crippen LogP contribution in [0.4, 0.5) is 14.7 Å². The lowest BCUT2D eigenvalue weighted by molar-refractivity contribution is -0.124. The van der Waals surface area contributed by atoms with E-state index in [9.17, 15) is 13.6 Å². The minimum Gasteiger partial charge on any atom is -0.492 e. The van der Waals surface area contributed by atoms with E-state index < -0.39 is 6.55 Å². The number of amides is 1. The number of anilines is 1. The van der Waals surface area contributed by atoms with Crippen LogP contribution in [0.25, 0.3) is 11.4 Å². The van der Waals surface area contributed by atoms with Gasteiger partial charge < -0.3 is 15.8 Å². The number of nitrogens with two attached hydrogens (primary N) is 1. The first kappa shape index (κ1) is 22.9. The van der Waals surface area contributed by atoms with Crippen molar-refractivity contribution in [2.24, 2.45) is 0 Å².